The number of aryl methyl sites for hydroxylation is 1. The van der Waals surface area contributed by atoms with Gasteiger partial charge in [-0.15, -0.1) is 0 Å². The minimum absolute atomic E-state index is 0.0404. The minimum atomic E-state index is -0.0404. The Balaban J connectivity index is 2.34. The van der Waals surface area contributed by atoms with Crippen molar-refractivity contribution >= 4 is 5.82 Å². The molecule has 2 N–H and O–H groups in total. The molecule has 0 atom stereocenters. The van der Waals surface area contributed by atoms with Crippen LogP contribution in [0.5, 0.6) is 11.5 Å². The molecule has 110 valence electrons. The van der Waals surface area contributed by atoms with Gasteiger partial charge >= 0.3 is 0 Å². The zero-order valence-corrected chi connectivity index (χ0v) is 12.4. The molecule has 0 saturated heterocycles. The van der Waals surface area contributed by atoms with Crippen LogP contribution in [0.15, 0.2) is 23.0 Å². The van der Waals surface area contributed by atoms with E-state index in [9.17, 15) is 4.79 Å². The highest BCUT2D eigenvalue weighted by Crippen LogP contribution is 2.39. The molecule has 1 aromatic heterocycles. The molecule has 21 heavy (non-hydrogen) atoms. The number of aromatic nitrogens is 1. The Hall–Kier alpha value is -2.43. The third-order valence-corrected chi connectivity index (χ3v) is 4.05. The molecule has 0 radical (unpaired) electrons. The predicted octanol–water partition coefficient (Wildman–Crippen LogP) is 1.98. The van der Waals surface area contributed by atoms with Crippen LogP contribution < -0.4 is 20.6 Å². The Labute approximate surface area is 122 Å². The second-order valence-electron chi connectivity index (χ2n) is 5.17. The fraction of sp³-hybridized carbons (Fsp3) is 0.312. The summed E-state index contributed by atoms with van der Waals surface area (Å²) in [6, 6.07) is 5.39. The molecule has 0 bridgehead atoms. The fourth-order valence-corrected chi connectivity index (χ4v) is 2.94. The number of rotatable bonds is 2. The van der Waals surface area contributed by atoms with E-state index in [2.05, 4.69) is 0 Å². The van der Waals surface area contributed by atoms with Crippen LogP contribution >= 0.6 is 0 Å². The highest BCUT2D eigenvalue weighted by molar-refractivity contribution is 5.74. The Bertz CT molecular complexity index is 778. The Morgan fingerprint density at radius 2 is 1.81 bits per heavy atom. The molecule has 0 unspecified atom stereocenters. The van der Waals surface area contributed by atoms with Crippen LogP contribution in [-0.4, -0.2) is 18.8 Å². The van der Waals surface area contributed by atoms with Gasteiger partial charge in [-0.2, -0.15) is 0 Å². The molecule has 3 rings (SSSR count). The van der Waals surface area contributed by atoms with Crippen LogP contribution in [0.3, 0.4) is 0 Å². The van der Waals surface area contributed by atoms with Crippen molar-refractivity contribution in [1.82, 2.24) is 4.57 Å². The number of pyridine rings is 1. The second-order valence-corrected chi connectivity index (χ2v) is 5.17. The average molecular weight is 286 g/mol. The molecule has 0 aliphatic carbocycles. The molecule has 1 aromatic carbocycles. The molecular formula is C16H18N2O3. The summed E-state index contributed by atoms with van der Waals surface area (Å²) in [6.45, 7) is 2.59. The SMILES string of the molecule is COc1cc2c(cc1OC)-c1c(C)c(=O)cc(N)n1CC2. The average Bonchev–Trinajstić information content (AvgIpc) is 2.50. The molecule has 2 heterocycles. The van der Waals surface area contributed by atoms with Crippen molar-refractivity contribution in [1.29, 1.82) is 0 Å². The van der Waals surface area contributed by atoms with Gasteiger partial charge in [-0.1, -0.05) is 0 Å². The van der Waals surface area contributed by atoms with Gasteiger partial charge in [-0.05, 0) is 31.0 Å². The number of fused-ring (bicyclic) bond motifs is 3. The van der Waals surface area contributed by atoms with Gasteiger partial charge in [0.05, 0.1) is 19.9 Å². The number of nitrogens with two attached hydrogens (primary N) is 1. The zero-order chi connectivity index (χ0) is 15.1. The van der Waals surface area contributed by atoms with Crippen LogP contribution in [0.1, 0.15) is 11.1 Å². The van der Waals surface area contributed by atoms with Gasteiger partial charge in [-0.3, -0.25) is 4.79 Å². The summed E-state index contributed by atoms with van der Waals surface area (Å²) >= 11 is 0. The maximum Gasteiger partial charge on any atom is 0.187 e. The summed E-state index contributed by atoms with van der Waals surface area (Å²) in [4.78, 5) is 12.0. The van der Waals surface area contributed by atoms with Gasteiger partial charge in [0, 0.05) is 23.7 Å². The smallest absolute Gasteiger partial charge is 0.187 e. The number of nitrogen functional groups attached to an aromatic ring is 1. The lowest BCUT2D eigenvalue weighted by Gasteiger charge is -2.26. The fourth-order valence-electron chi connectivity index (χ4n) is 2.94. The van der Waals surface area contributed by atoms with Crippen LogP contribution in [0.2, 0.25) is 0 Å². The van der Waals surface area contributed by atoms with E-state index in [1.54, 1.807) is 14.2 Å². The number of hydrogen-bond acceptors (Lipinski definition) is 4. The first-order valence-corrected chi connectivity index (χ1v) is 6.82. The van der Waals surface area contributed by atoms with Crippen molar-refractivity contribution in [2.75, 3.05) is 20.0 Å². The van der Waals surface area contributed by atoms with Gasteiger partial charge in [0.25, 0.3) is 0 Å². The zero-order valence-electron chi connectivity index (χ0n) is 12.4. The molecule has 1 aliphatic heterocycles. The molecule has 2 aromatic rings. The summed E-state index contributed by atoms with van der Waals surface area (Å²) in [6.07, 6.45) is 0.842. The van der Waals surface area contributed by atoms with Gasteiger partial charge in [0.1, 0.15) is 5.82 Å². The van der Waals surface area contributed by atoms with Crippen molar-refractivity contribution < 1.29 is 9.47 Å². The van der Waals surface area contributed by atoms with Gasteiger partial charge in [-0.25, -0.2) is 0 Å². The summed E-state index contributed by atoms with van der Waals surface area (Å²) in [5.74, 6) is 1.86. The van der Waals surface area contributed by atoms with Crippen LogP contribution in [0.4, 0.5) is 5.82 Å². The Morgan fingerprint density at radius 3 is 2.48 bits per heavy atom. The molecule has 0 saturated carbocycles. The van der Waals surface area contributed by atoms with Crippen molar-refractivity contribution in [3.8, 4) is 22.8 Å². The lowest BCUT2D eigenvalue weighted by Crippen LogP contribution is -2.22. The number of ether oxygens (including phenoxy) is 2. The normalized spacial score (nSPS) is 12.5. The first-order valence-electron chi connectivity index (χ1n) is 6.82. The van der Waals surface area contributed by atoms with Crippen LogP contribution in [0, 0.1) is 6.92 Å². The van der Waals surface area contributed by atoms with E-state index < -0.39 is 0 Å². The topological polar surface area (TPSA) is 66.5 Å². The number of nitrogens with zero attached hydrogens (tertiary/aromatic N) is 1. The Morgan fingerprint density at radius 1 is 1.14 bits per heavy atom. The Kier molecular flexibility index (Phi) is 3.12. The molecule has 0 spiro atoms. The van der Waals surface area contributed by atoms with Crippen LogP contribution in [-0.2, 0) is 13.0 Å². The van der Waals surface area contributed by atoms with Gasteiger partial charge in [0.15, 0.2) is 16.9 Å². The predicted molar refractivity (Wildman–Crippen MR) is 82.1 cm³/mol. The summed E-state index contributed by atoms with van der Waals surface area (Å²) in [5.41, 5.74) is 9.67. The van der Waals surface area contributed by atoms with E-state index in [1.165, 1.54) is 6.07 Å². The number of benzene rings is 1. The molecule has 5 nitrogen and oxygen atoms in total. The van der Waals surface area contributed by atoms with Crippen molar-refractivity contribution in [3.05, 3.63) is 39.5 Å². The summed E-state index contributed by atoms with van der Waals surface area (Å²) < 4.78 is 12.7. The monoisotopic (exact) mass is 286 g/mol. The van der Waals surface area contributed by atoms with Crippen molar-refractivity contribution in [3.63, 3.8) is 0 Å². The van der Waals surface area contributed by atoms with Crippen molar-refractivity contribution in [2.24, 2.45) is 0 Å². The lowest BCUT2D eigenvalue weighted by atomic mass is 9.94. The summed E-state index contributed by atoms with van der Waals surface area (Å²) in [7, 11) is 3.22. The lowest BCUT2D eigenvalue weighted by molar-refractivity contribution is 0.354. The number of anilines is 1. The third kappa shape index (κ3) is 1.96. The largest absolute Gasteiger partial charge is 0.493 e. The molecular weight excluding hydrogens is 268 g/mol. The molecule has 0 fully saturated rings. The van der Waals surface area contributed by atoms with E-state index in [-0.39, 0.29) is 5.43 Å². The molecule has 0 amide bonds. The standard InChI is InChI=1S/C16H18N2O3/c1-9-12(19)8-15(17)18-5-4-10-6-13(20-2)14(21-3)7-11(10)16(9)18/h6-8H,4-5,17H2,1-3H3. The summed E-state index contributed by atoms with van der Waals surface area (Å²) in [5, 5.41) is 0. The second kappa shape index (κ2) is 4.84. The quantitative estimate of drug-likeness (QED) is 0.916. The van der Waals surface area contributed by atoms with Gasteiger partial charge in [0.2, 0.25) is 0 Å². The third-order valence-electron chi connectivity index (χ3n) is 4.05. The minimum Gasteiger partial charge on any atom is -0.493 e. The van der Waals surface area contributed by atoms with E-state index in [0.29, 0.717) is 22.9 Å². The number of methoxy groups -OCH3 is 2. The first-order chi connectivity index (χ1) is 10.1. The van der Waals surface area contributed by atoms with Gasteiger partial charge < -0.3 is 19.8 Å². The van der Waals surface area contributed by atoms with Crippen LogP contribution in [0.25, 0.3) is 11.3 Å². The molecule has 5 heteroatoms. The highest BCUT2D eigenvalue weighted by Gasteiger charge is 2.22. The highest BCUT2D eigenvalue weighted by atomic mass is 16.5. The van der Waals surface area contributed by atoms with E-state index in [4.69, 9.17) is 15.2 Å². The maximum absolute atomic E-state index is 12.0. The van der Waals surface area contributed by atoms with Crippen molar-refractivity contribution in [2.45, 2.75) is 19.9 Å². The maximum atomic E-state index is 12.0. The molecule has 1 aliphatic rings. The van der Waals surface area contributed by atoms with E-state index in [0.717, 1.165) is 29.8 Å². The van der Waals surface area contributed by atoms with E-state index >= 15 is 0 Å². The number of hydrogen-bond donors (Lipinski definition) is 1. The van der Waals surface area contributed by atoms with E-state index in [1.807, 2.05) is 23.6 Å². The first kappa shape index (κ1) is 13.5.